The zero-order valence-electron chi connectivity index (χ0n) is 5.89. The molecular formula is C6H6O6. The highest BCUT2D eigenvalue weighted by Gasteiger charge is 2.05. The van der Waals surface area contributed by atoms with E-state index in [9.17, 15) is 14.4 Å². The van der Waals surface area contributed by atoms with Gasteiger partial charge in [-0.1, -0.05) is 0 Å². The number of esters is 2. The van der Waals surface area contributed by atoms with Crippen molar-refractivity contribution in [1.82, 2.24) is 0 Å². The van der Waals surface area contributed by atoms with E-state index < -0.39 is 24.5 Å². The molecule has 0 amide bonds. The van der Waals surface area contributed by atoms with Gasteiger partial charge in [0.2, 0.25) is 0 Å². The number of aliphatic hydroxyl groups is 1. The van der Waals surface area contributed by atoms with Gasteiger partial charge in [0, 0.05) is 12.2 Å². The Hall–Kier alpha value is -1.69. The number of carboxylic acids is 1. The number of aliphatic hydroxyl groups excluding tert-OH is 1. The van der Waals surface area contributed by atoms with Gasteiger partial charge in [0.15, 0.2) is 0 Å². The van der Waals surface area contributed by atoms with Crippen molar-refractivity contribution in [3.8, 4) is 0 Å². The molecule has 0 unspecified atom stereocenters. The molecule has 2 N–H and O–H groups in total. The molecule has 6 heteroatoms. The predicted molar refractivity (Wildman–Crippen MR) is 35.0 cm³/mol. The molecule has 0 heterocycles. The van der Waals surface area contributed by atoms with Crippen molar-refractivity contribution in [1.29, 1.82) is 0 Å². The van der Waals surface area contributed by atoms with Crippen LogP contribution in [0.25, 0.3) is 0 Å². The van der Waals surface area contributed by atoms with Gasteiger partial charge < -0.3 is 14.9 Å². The summed E-state index contributed by atoms with van der Waals surface area (Å²) in [6.07, 6.45) is 1.09. The van der Waals surface area contributed by atoms with Crippen LogP contribution in [0.5, 0.6) is 0 Å². The lowest BCUT2D eigenvalue weighted by molar-refractivity contribution is -0.158. The van der Waals surface area contributed by atoms with Gasteiger partial charge >= 0.3 is 17.9 Å². The van der Waals surface area contributed by atoms with Crippen LogP contribution in [0.3, 0.4) is 0 Å². The maximum Gasteiger partial charge on any atom is 0.339 e. The lowest BCUT2D eigenvalue weighted by Crippen LogP contribution is -2.13. The fourth-order valence-electron chi connectivity index (χ4n) is 0.318. The van der Waals surface area contributed by atoms with E-state index in [1.807, 2.05) is 0 Å². The van der Waals surface area contributed by atoms with Crippen LogP contribution in [0.15, 0.2) is 12.2 Å². The number of aliphatic carboxylic acids is 1. The summed E-state index contributed by atoms with van der Waals surface area (Å²) in [6.45, 7) is -0.924. The second-order valence-corrected chi connectivity index (χ2v) is 1.62. The van der Waals surface area contributed by atoms with Crippen LogP contribution in [0, 0.1) is 0 Å². The van der Waals surface area contributed by atoms with Crippen molar-refractivity contribution in [3.63, 3.8) is 0 Å². The summed E-state index contributed by atoms with van der Waals surface area (Å²) >= 11 is 0. The highest BCUT2D eigenvalue weighted by Crippen LogP contribution is 1.82. The van der Waals surface area contributed by atoms with Crippen LogP contribution < -0.4 is 0 Å². The Morgan fingerprint density at radius 2 is 1.83 bits per heavy atom. The molecule has 0 aromatic rings. The Morgan fingerprint density at radius 3 is 2.25 bits per heavy atom. The Bertz CT molecular complexity index is 228. The molecule has 0 aliphatic rings. The summed E-state index contributed by atoms with van der Waals surface area (Å²) in [5.41, 5.74) is 0. The van der Waals surface area contributed by atoms with Gasteiger partial charge in [-0.05, 0) is 0 Å². The molecule has 0 aliphatic carbocycles. The topological polar surface area (TPSA) is 101 Å². The number of hydrogen-bond donors (Lipinski definition) is 2. The third kappa shape index (κ3) is 5.12. The van der Waals surface area contributed by atoms with E-state index in [1.54, 1.807) is 0 Å². The second kappa shape index (κ2) is 5.03. The van der Waals surface area contributed by atoms with Crippen LogP contribution in [0.4, 0.5) is 0 Å². The van der Waals surface area contributed by atoms with Gasteiger partial charge in [0.05, 0.1) is 0 Å². The number of rotatable bonds is 3. The van der Waals surface area contributed by atoms with Crippen LogP contribution in [0.1, 0.15) is 0 Å². The van der Waals surface area contributed by atoms with Crippen molar-refractivity contribution >= 4 is 17.9 Å². The molecule has 0 atom stereocenters. The normalized spacial score (nSPS) is 9.75. The average Bonchev–Trinajstić information content (AvgIpc) is 2.00. The van der Waals surface area contributed by atoms with E-state index in [2.05, 4.69) is 4.74 Å². The summed E-state index contributed by atoms with van der Waals surface area (Å²) in [6, 6.07) is 0. The Balaban J connectivity index is 3.90. The third-order valence-electron chi connectivity index (χ3n) is 0.706. The van der Waals surface area contributed by atoms with Crippen molar-refractivity contribution in [2.24, 2.45) is 0 Å². The molecule has 0 saturated carbocycles. The van der Waals surface area contributed by atoms with Gasteiger partial charge in [0.1, 0.15) is 6.61 Å². The summed E-state index contributed by atoms with van der Waals surface area (Å²) < 4.78 is 3.87. The van der Waals surface area contributed by atoms with Gasteiger partial charge in [-0.15, -0.1) is 0 Å². The maximum absolute atomic E-state index is 10.4. The van der Waals surface area contributed by atoms with Crippen LogP contribution in [-0.2, 0) is 19.1 Å². The minimum Gasteiger partial charge on any atom is -0.478 e. The fourth-order valence-corrected chi connectivity index (χ4v) is 0.318. The van der Waals surface area contributed by atoms with E-state index >= 15 is 0 Å². The number of carbonyl (C=O) groups excluding carboxylic acids is 2. The molecular weight excluding hydrogens is 168 g/mol. The molecule has 0 radical (unpaired) electrons. The van der Waals surface area contributed by atoms with Crippen LogP contribution >= 0.6 is 0 Å². The first kappa shape index (κ1) is 10.3. The zero-order chi connectivity index (χ0) is 9.56. The molecule has 66 valence electrons. The summed E-state index contributed by atoms with van der Waals surface area (Å²) in [5.74, 6) is -3.59. The van der Waals surface area contributed by atoms with Crippen molar-refractivity contribution in [2.75, 3.05) is 6.61 Å². The van der Waals surface area contributed by atoms with E-state index in [4.69, 9.17) is 10.2 Å². The Morgan fingerprint density at radius 1 is 1.25 bits per heavy atom. The summed E-state index contributed by atoms with van der Waals surface area (Å²) in [7, 11) is 0. The molecule has 0 saturated heterocycles. The smallest absolute Gasteiger partial charge is 0.339 e. The number of carbonyl (C=O) groups is 3. The lowest BCUT2D eigenvalue weighted by atomic mass is 10.5. The van der Waals surface area contributed by atoms with Crippen molar-refractivity contribution in [3.05, 3.63) is 12.2 Å². The summed E-state index contributed by atoms with van der Waals surface area (Å²) in [4.78, 5) is 30.4. The van der Waals surface area contributed by atoms with Gasteiger partial charge in [-0.25, -0.2) is 14.4 Å². The number of hydrogen-bond acceptors (Lipinski definition) is 5. The zero-order valence-corrected chi connectivity index (χ0v) is 5.89. The fraction of sp³-hybridized carbons (Fsp3) is 0.167. The molecule has 0 aromatic heterocycles. The first-order valence-corrected chi connectivity index (χ1v) is 2.82. The number of carboxylic acid groups (broad SMARTS) is 1. The second-order valence-electron chi connectivity index (χ2n) is 1.62. The molecule has 12 heavy (non-hydrogen) atoms. The lowest BCUT2D eigenvalue weighted by Gasteiger charge is -1.93. The molecule has 0 aromatic carbocycles. The Kier molecular flexibility index (Phi) is 4.32. The molecule has 0 aliphatic heterocycles. The number of ether oxygens (including phenoxy) is 1. The van der Waals surface area contributed by atoms with E-state index in [-0.39, 0.29) is 0 Å². The predicted octanol–water partition coefficient (Wildman–Crippen LogP) is -1.31. The van der Waals surface area contributed by atoms with Crippen LogP contribution in [-0.4, -0.2) is 34.7 Å². The van der Waals surface area contributed by atoms with Gasteiger partial charge in [-0.3, -0.25) is 0 Å². The van der Waals surface area contributed by atoms with Crippen molar-refractivity contribution in [2.45, 2.75) is 0 Å². The van der Waals surface area contributed by atoms with E-state index in [1.165, 1.54) is 0 Å². The third-order valence-corrected chi connectivity index (χ3v) is 0.706. The maximum atomic E-state index is 10.4. The Labute approximate surface area is 67.1 Å². The molecule has 6 nitrogen and oxygen atoms in total. The largest absolute Gasteiger partial charge is 0.478 e. The highest BCUT2D eigenvalue weighted by atomic mass is 16.6. The SMILES string of the molecule is O=C(O)/C=C/C(=O)OC(=O)CO. The van der Waals surface area contributed by atoms with Crippen LogP contribution in [0.2, 0.25) is 0 Å². The highest BCUT2D eigenvalue weighted by molar-refractivity contribution is 5.96. The van der Waals surface area contributed by atoms with Crippen molar-refractivity contribution < 1.29 is 29.3 Å². The molecule has 0 bridgehead atoms. The monoisotopic (exact) mass is 174 g/mol. The average molecular weight is 174 g/mol. The summed E-state index contributed by atoms with van der Waals surface area (Å²) in [5, 5.41) is 16.1. The minimum absolute atomic E-state index is 0.521. The molecule has 0 spiro atoms. The van der Waals surface area contributed by atoms with E-state index in [0.717, 1.165) is 0 Å². The first-order valence-electron chi connectivity index (χ1n) is 2.82. The van der Waals surface area contributed by atoms with E-state index in [0.29, 0.717) is 12.2 Å². The molecule has 0 fully saturated rings. The van der Waals surface area contributed by atoms with Gasteiger partial charge in [0.25, 0.3) is 0 Å². The molecule has 0 rings (SSSR count). The quantitative estimate of drug-likeness (QED) is 0.313. The minimum atomic E-state index is -1.33. The standard InChI is InChI=1S/C6H6O6/c7-3-6(11)12-5(10)2-1-4(8)9/h1-2,7H,3H2,(H,8,9)/b2-1+. The van der Waals surface area contributed by atoms with Gasteiger partial charge in [-0.2, -0.15) is 0 Å². The first-order chi connectivity index (χ1) is 5.56.